The Labute approximate surface area is 190 Å². The molecule has 4 rings (SSSR count). The highest BCUT2D eigenvalue weighted by atomic mass is 16.5. The minimum absolute atomic E-state index is 0.0207. The summed E-state index contributed by atoms with van der Waals surface area (Å²) in [4.78, 5) is 28.2. The first kappa shape index (κ1) is 21.8. The fourth-order valence-corrected chi connectivity index (χ4v) is 3.98. The van der Waals surface area contributed by atoms with E-state index >= 15 is 0 Å². The lowest BCUT2D eigenvalue weighted by Crippen LogP contribution is -2.42. The van der Waals surface area contributed by atoms with Gasteiger partial charge in [0.25, 0.3) is 0 Å². The number of guanidine groups is 1. The van der Waals surface area contributed by atoms with Gasteiger partial charge in [-0.2, -0.15) is 0 Å². The first-order valence-electron chi connectivity index (χ1n) is 10.3. The highest BCUT2D eigenvalue weighted by Gasteiger charge is 2.29. The number of nitrogens with two attached hydrogens (primary N) is 1. The summed E-state index contributed by atoms with van der Waals surface area (Å²) in [6.07, 6.45) is 0.681. The minimum Gasteiger partial charge on any atom is -0.480 e. The van der Waals surface area contributed by atoms with E-state index in [0.717, 1.165) is 22.3 Å². The maximum Gasteiger partial charge on any atom is 0.407 e. The Hall–Kier alpha value is -4.40. The molecule has 0 bridgehead atoms. The molecular formula is C24H23N5O4. The van der Waals surface area contributed by atoms with Crippen LogP contribution in [-0.2, 0) is 16.0 Å². The van der Waals surface area contributed by atoms with Crippen LogP contribution < -0.4 is 16.4 Å². The Morgan fingerprint density at radius 2 is 1.70 bits per heavy atom. The number of carbonyl (C=O) groups excluding carboxylic acids is 1. The highest BCUT2D eigenvalue weighted by molar-refractivity contribution is 5.88. The first-order valence-corrected chi connectivity index (χ1v) is 10.3. The van der Waals surface area contributed by atoms with Crippen LogP contribution in [0.2, 0.25) is 0 Å². The van der Waals surface area contributed by atoms with E-state index in [2.05, 4.69) is 15.6 Å². The second-order valence-electron chi connectivity index (χ2n) is 7.66. The lowest BCUT2D eigenvalue weighted by Gasteiger charge is -2.17. The van der Waals surface area contributed by atoms with Crippen LogP contribution in [0.25, 0.3) is 11.1 Å². The van der Waals surface area contributed by atoms with Gasteiger partial charge in [-0.3, -0.25) is 5.41 Å². The summed E-state index contributed by atoms with van der Waals surface area (Å²) >= 11 is 0. The topological polar surface area (TPSA) is 150 Å². The third kappa shape index (κ3) is 4.93. The number of nitrogens with one attached hydrogen (secondary N) is 3. The molecule has 9 nitrogen and oxygen atoms in total. The third-order valence-electron chi connectivity index (χ3n) is 5.46. The molecule has 168 valence electrons. The summed E-state index contributed by atoms with van der Waals surface area (Å²) in [5, 5.41) is 21.7. The number of anilines is 1. The number of hydrogen-bond donors (Lipinski definition) is 5. The summed E-state index contributed by atoms with van der Waals surface area (Å²) in [7, 11) is 0. The van der Waals surface area contributed by atoms with Crippen LogP contribution in [0.1, 0.15) is 22.6 Å². The number of benzene rings is 2. The molecule has 9 heteroatoms. The molecule has 0 fully saturated rings. The van der Waals surface area contributed by atoms with Gasteiger partial charge in [-0.15, -0.1) is 0 Å². The van der Waals surface area contributed by atoms with Crippen LogP contribution in [0.5, 0.6) is 0 Å². The van der Waals surface area contributed by atoms with E-state index in [1.54, 1.807) is 12.1 Å². The summed E-state index contributed by atoms with van der Waals surface area (Å²) in [5.41, 5.74) is 10.2. The highest BCUT2D eigenvalue weighted by Crippen LogP contribution is 2.44. The molecular weight excluding hydrogens is 422 g/mol. The number of rotatable bonds is 7. The van der Waals surface area contributed by atoms with Crippen molar-refractivity contribution in [2.45, 2.75) is 18.4 Å². The average Bonchev–Trinajstić information content (AvgIpc) is 3.12. The number of ether oxygens (including phenoxy) is 1. The van der Waals surface area contributed by atoms with Gasteiger partial charge in [0.05, 0.1) is 0 Å². The number of carboxylic acids is 1. The van der Waals surface area contributed by atoms with Gasteiger partial charge in [-0.25, -0.2) is 14.6 Å². The zero-order chi connectivity index (χ0) is 23.4. The molecule has 1 atom stereocenters. The van der Waals surface area contributed by atoms with Crippen LogP contribution in [0.4, 0.5) is 10.6 Å². The fraction of sp³-hybridized carbons (Fsp3) is 0.167. The number of alkyl carbamates (subject to hydrolysis) is 1. The SMILES string of the molecule is N=C(N)Nc1ccc(C[C@H](NC(=O)OCC2c3ccccc3-c3ccccc32)C(=O)O)cn1. The molecule has 1 aromatic heterocycles. The van der Waals surface area contributed by atoms with E-state index in [0.29, 0.717) is 11.4 Å². The van der Waals surface area contributed by atoms with E-state index < -0.39 is 18.1 Å². The van der Waals surface area contributed by atoms with Crippen molar-refractivity contribution in [2.24, 2.45) is 5.73 Å². The molecule has 6 N–H and O–H groups in total. The number of aliphatic carboxylic acids is 1. The number of hydrogen-bond acceptors (Lipinski definition) is 5. The molecule has 33 heavy (non-hydrogen) atoms. The molecule has 0 saturated heterocycles. The number of fused-ring (bicyclic) bond motifs is 3. The average molecular weight is 445 g/mol. The maximum atomic E-state index is 12.4. The third-order valence-corrected chi connectivity index (χ3v) is 5.46. The van der Waals surface area contributed by atoms with E-state index in [-0.39, 0.29) is 24.9 Å². The van der Waals surface area contributed by atoms with E-state index in [4.69, 9.17) is 15.9 Å². The van der Waals surface area contributed by atoms with Crippen molar-refractivity contribution in [1.82, 2.24) is 10.3 Å². The number of carbonyl (C=O) groups is 2. The zero-order valence-corrected chi connectivity index (χ0v) is 17.6. The van der Waals surface area contributed by atoms with Crippen LogP contribution in [0.15, 0.2) is 66.9 Å². The Morgan fingerprint density at radius 1 is 1.06 bits per heavy atom. The number of amides is 1. The molecule has 0 aliphatic heterocycles. The molecule has 1 amide bonds. The quantitative estimate of drug-likeness (QED) is 0.277. The van der Waals surface area contributed by atoms with Crippen LogP contribution in [0, 0.1) is 5.41 Å². The molecule has 1 aliphatic rings. The first-order chi connectivity index (χ1) is 15.9. The van der Waals surface area contributed by atoms with Crippen molar-refractivity contribution in [3.8, 4) is 11.1 Å². The normalized spacial score (nSPS) is 12.8. The molecule has 0 radical (unpaired) electrons. The Balaban J connectivity index is 1.39. The van der Waals surface area contributed by atoms with Gasteiger partial charge >= 0.3 is 12.1 Å². The minimum atomic E-state index is -1.19. The predicted molar refractivity (Wildman–Crippen MR) is 123 cm³/mol. The lowest BCUT2D eigenvalue weighted by atomic mass is 9.98. The van der Waals surface area contributed by atoms with Crippen molar-refractivity contribution in [2.75, 3.05) is 11.9 Å². The van der Waals surface area contributed by atoms with Gasteiger partial charge in [0, 0.05) is 18.5 Å². The Kier molecular flexibility index (Phi) is 6.21. The fourth-order valence-electron chi connectivity index (χ4n) is 3.98. The van der Waals surface area contributed by atoms with Crippen LogP contribution in [-0.4, -0.2) is 40.8 Å². The van der Waals surface area contributed by atoms with Crippen molar-refractivity contribution < 1.29 is 19.4 Å². The lowest BCUT2D eigenvalue weighted by molar-refractivity contribution is -0.139. The molecule has 0 spiro atoms. The summed E-state index contributed by atoms with van der Waals surface area (Å²) < 4.78 is 5.44. The second kappa shape index (κ2) is 9.39. The van der Waals surface area contributed by atoms with Gasteiger partial charge in [0.1, 0.15) is 18.5 Å². The number of nitrogens with zero attached hydrogens (tertiary/aromatic N) is 1. The van der Waals surface area contributed by atoms with Gasteiger partial charge in [0.15, 0.2) is 5.96 Å². The summed E-state index contributed by atoms with van der Waals surface area (Å²) in [5.74, 6) is -1.19. The van der Waals surface area contributed by atoms with Crippen LogP contribution in [0.3, 0.4) is 0 Å². The second-order valence-corrected chi connectivity index (χ2v) is 7.66. The zero-order valence-electron chi connectivity index (χ0n) is 17.6. The molecule has 1 heterocycles. The maximum absolute atomic E-state index is 12.4. The molecule has 0 unspecified atom stereocenters. The van der Waals surface area contributed by atoms with Crippen molar-refractivity contribution in [1.29, 1.82) is 5.41 Å². The summed E-state index contributed by atoms with van der Waals surface area (Å²) in [6, 6.07) is 18.0. The smallest absolute Gasteiger partial charge is 0.407 e. The van der Waals surface area contributed by atoms with Gasteiger partial charge < -0.3 is 26.2 Å². The van der Waals surface area contributed by atoms with E-state index in [9.17, 15) is 14.7 Å². The number of pyridine rings is 1. The largest absolute Gasteiger partial charge is 0.480 e. The predicted octanol–water partition coefficient (Wildman–Crippen LogP) is 2.92. The Morgan fingerprint density at radius 3 is 2.24 bits per heavy atom. The standard InChI is InChI=1S/C24H23N5O4/c25-23(26)29-21-10-9-14(12-27-21)11-20(22(30)31)28-24(32)33-13-19-17-7-3-1-5-15(17)16-6-2-4-8-18(16)19/h1-10,12,19-20H,11,13H2,(H,28,32)(H,30,31)(H4,25,26,27,29)/t20-/m0/s1. The van der Waals surface area contributed by atoms with Crippen molar-refractivity contribution in [3.05, 3.63) is 83.6 Å². The Bertz CT molecular complexity index is 1150. The monoisotopic (exact) mass is 445 g/mol. The van der Waals surface area contributed by atoms with E-state index in [1.165, 1.54) is 6.20 Å². The van der Waals surface area contributed by atoms with Gasteiger partial charge in [0.2, 0.25) is 0 Å². The number of aromatic nitrogens is 1. The summed E-state index contributed by atoms with van der Waals surface area (Å²) in [6.45, 7) is 0.0964. The van der Waals surface area contributed by atoms with E-state index in [1.807, 2.05) is 48.5 Å². The van der Waals surface area contributed by atoms with Crippen molar-refractivity contribution >= 4 is 23.8 Å². The molecule has 1 aliphatic carbocycles. The molecule has 0 saturated carbocycles. The van der Waals surface area contributed by atoms with Gasteiger partial charge in [-0.1, -0.05) is 54.6 Å². The molecule has 2 aromatic carbocycles. The van der Waals surface area contributed by atoms with Crippen LogP contribution >= 0.6 is 0 Å². The van der Waals surface area contributed by atoms with Crippen molar-refractivity contribution in [3.63, 3.8) is 0 Å². The molecule has 3 aromatic rings. The van der Waals surface area contributed by atoms with Gasteiger partial charge in [-0.05, 0) is 33.9 Å². The number of carboxylic acid groups (broad SMARTS) is 1.